The molecule has 26 heavy (non-hydrogen) atoms. The zero-order valence-corrected chi connectivity index (χ0v) is 15.0. The number of carboxylic acid groups (broad SMARTS) is 1. The van der Waals surface area contributed by atoms with E-state index >= 15 is 0 Å². The molecular formula is C18H12ClN2O4S-. The van der Waals surface area contributed by atoms with E-state index < -0.39 is 5.97 Å². The van der Waals surface area contributed by atoms with Crippen molar-refractivity contribution in [2.45, 2.75) is 0 Å². The summed E-state index contributed by atoms with van der Waals surface area (Å²) in [6.07, 6.45) is 1.48. The molecule has 0 aliphatic carbocycles. The van der Waals surface area contributed by atoms with Gasteiger partial charge < -0.3 is 10.2 Å². The van der Waals surface area contributed by atoms with Crippen LogP contribution >= 0.6 is 23.4 Å². The van der Waals surface area contributed by atoms with E-state index in [0.717, 1.165) is 11.8 Å². The van der Waals surface area contributed by atoms with Crippen LogP contribution in [0.1, 0.15) is 15.9 Å². The Balaban J connectivity index is 1.94. The Morgan fingerprint density at radius 1 is 1.31 bits per heavy atom. The lowest BCUT2D eigenvalue weighted by Gasteiger charge is -2.10. The summed E-state index contributed by atoms with van der Waals surface area (Å²) in [5.41, 5.74) is 0.839. The van der Waals surface area contributed by atoms with Gasteiger partial charge in [-0.1, -0.05) is 23.7 Å². The number of rotatable bonds is 3. The standard InChI is InChI=1S/C18H13ClN2O4S/c1-21-16(23)15(9-11-7-12(19)5-6-14(11)22)26-18(21)20-13-4-2-3-10(8-13)17(24)25/h2-9,22H,1H3,(H,24,25)/p-1/b15-9-,20-18?. The maximum atomic E-state index is 12.4. The average molecular weight is 388 g/mol. The highest BCUT2D eigenvalue weighted by atomic mass is 35.5. The molecule has 0 atom stereocenters. The van der Waals surface area contributed by atoms with Gasteiger partial charge >= 0.3 is 5.97 Å². The van der Waals surface area contributed by atoms with Crippen molar-refractivity contribution in [3.05, 3.63) is 63.5 Å². The zero-order chi connectivity index (χ0) is 18.8. The van der Waals surface area contributed by atoms with Gasteiger partial charge in [0.25, 0.3) is 5.91 Å². The van der Waals surface area contributed by atoms with Gasteiger partial charge in [-0.3, -0.25) is 9.69 Å². The van der Waals surface area contributed by atoms with Crippen LogP contribution in [0.2, 0.25) is 5.02 Å². The molecule has 1 aliphatic heterocycles. The second-order valence-corrected chi connectivity index (χ2v) is 6.85. The number of hydrogen-bond acceptors (Lipinski definition) is 5. The van der Waals surface area contributed by atoms with Crippen molar-refractivity contribution in [1.29, 1.82) is 0 Å². The zero-order valence-electron chi connectivity index (χ0n) is 13.5. The number of aliphatic imine (C=N–C) groups is 1. The molecule has 0 radical (unpaired) electrons. The summed E-state index contributed by atoms with van der Waals surface area (Å²) in [6.45, 7) is 0. The maximum absolute atomic E-state index is 12.4. The van der Waals surface area contributed by atoms with E-state index in [1.54, 1.807) is 19.2 Å². The predicted molar refractivity (Wildman–Crippen MR) is 99.7 cm³/mol. The number of benzene rings is 2. The van der Waals surface area contributed by atoms with E-state index in [9.17, 15) is 14.7 Å². The van der Waals surface area contributed by atoms with E-state index in [4.69, 9.17) is 16.7 Å². The molecule has 0 bridgehead atoms. The molecule has 0 saturated carbocycles. The van der Waals surface area contributed by atoms with Gasteiger partial charge in [-0.2, -0.15) is 0 Å². The molecule has 2 aromatic rings. The van der Waals surface area contributed by atoms with Gasteiger partial charge in [0.15, 0.2) is 5.17 Å². The topological polar surface area (TPSA) is 93.0 Å². The smallest absolute Gasteiger partial charge is 0.335 e. The highest BCUT2D eigenvalue weighted by Crippen LogP contribution is 2.34. The minimum atomic E-state index is -1.06. The first-order valence-corrected chi connectivity index (χ1v) is 8.61. The van der Waals surface area contributed by atoms with Crippen molar-refractivity contribution in [3.8, 4) is 5.75 Å². The molecule has 0 aromatic heterocycles. The van der Waals surface area contributed by atoms with Crippen LogP contribution in [0.5, 0.6) is 5.75 Å². The van der Waals surface area contributed by atoms with Crippen LogP contribution in [-0.4, -0.2) is 34.1 Å². The van der Waals surface area contributed by atoms with Gasteiger partial charge in [0.1, 0.15) is 0 Å². The molecule has 1 heterocycles. The first-order valence-electron chi connectivity index (χ1n) is 7.41. The van der Waals surface area contributed by atoms with E-state index in [-0.39, 0.29) is 17.2 Å². The van der Waals surface area contributed by atoms with Gasteiger partial charge in [0.05, 0.1) is 16.2 Å². The van der Waals surface area contributed by atoms with E-state index in [1.165, 1.54) is 41.3 Å². The van der Waals surface area contributed by atoms with Crippen molar-refractivity contribution in [3.63, 3.8) is 0 Å². The molecule has 1 fully saturated rings. The normalized spacial score (nSPS) is 17.3. The second kappa shape index (κ2) is 7.23. The Morgan fingerprint density at radius 3 is 2.81 bits per heavy atom. The van der Waals surface area contributed by atoms with Crippen molar-refractivity contribution >= 4 is 52.2 Å². The third-order valence-corrected chi connectivity index (χ3v) is 4.88. The molecule has 1 amide bonds. The lowest BCUT2D eigenvalue weighted by molar-refractivity contribution is -0.268. The Labute approximate surface area is 158 Å². The highest BCUT2D eigenvalue weighted by molar-refractivity contribution is 8.18. The summed E-state index contributed by atoms with van der Waals surface area (Å²) in [6, 6.07) is 10.4. The number of likely N-dealkylation sites (N-methyl/N-ethyl adjacent to an activating group) is 1. The Bertz CT molecular complexity index is 971. The third kappa shape index (κ3) is 3.74. The lowest BCUT2D eigenvalue weighted by atomic mass is 10.2. The Morgan fingerprint density at radius 2 is 2.08 bits per heavy atom. The number of thioether (sulfide) groups is 1. The maximum Gasteiger partial charge on any atom is 0.335 e. The third-order valence-electron chi connectivity index (χ3n) is 3.58. The van der Waals surface area contributed by atoms with E-state index in [0.29, 0.717) is 26.3 Å². The Hall–Kier alpha value is -2.77. The molecule has 6 nitrogen and oxygen atoms in total. The molecule has 0 spiro atoms. The SMILES string of the molecule is CN1C(=O)/C(=C/c2cc(Cl)ccc2[O-])SC1=Nc1cccc(C(=O)O)c1. The summed E-state index contributed by atoms with van der Waals surface area (Å²) < 4.78 is 0. The van der Waals surface area contributed by atoms with Crippen LogP contribution in [0.3, 0.4) is 0 Å². The van der Waals surface area contributed by atoms with Crippen molar-refractivity contribution < 1.29 is 19.8 Å². The molecule has 8 heteroatoms. The van der Waals surface area contributed by atoms with Gasteiger partial charge in [-0.05, 0) is 53.7 Å². The van der Waals surface area contributed by atoms with Crippen LogP contribution in [0, 0.1) is 0 Å². The molecule has 1 saturated heterocycles. The van der Waals surface area contributed by atoms with Crippen LogP contribution in [0.25, 0.3) is 6.08 Å². The minimum Gasteiger partial charge on any atom is -0.872 e. The number of hydrogen-bond donors (Lipinski definition) is 1. The number of halogens is 1. The summed E-state index contributed by atoms with van der Waals surface area (Å²) >= 11 is 7.01. The quantitative estimate of drug-likeness (QED) is 0.815. The van der Waals surface area contributed by atoms with Crippen LogP contribution < -0.4 is 5.11 Å². The number of carbonyl (C=O) groups is 2. The molecular weight excluding hydrogens is 376 g/mol. The molecule has 0 unspecified atom stereocenters. The molecule has 1 aliphatic rings. The number of aromatic carboxylic acids is 1. The van der Waals surface area contributed by atoms with E-state index in [1.807, 2.05) is 0 Å². The number of carboxylic acids is 1. The highest BCUT2D eigenvalue weighted by Gasteiger charge is 2.30. The summed E-state index contributed by atoms with van der Waals surface area (Å²) in [4.78, 5) is 29.5. The largest absolute Gasteiger partial charge is 0.872 e. The second-order valence-electron chi connectivity index (χ2n) is 5.41. The fourth-order valence-electron chi connectivity index (χ4n) is 2.24. The fourth-order valence-corrected chi connectivity index (χ4v) is 3.40. The summed E-state index contributed by atoms with van der Waals surface area (Å²) in [5.74, 6) is -1.60. The minimum absolute atomic E-state index is 0.106. The summed E-state index contributed by atoms with van der Waals surface area (Å²) in [5, 5.41) is 21.7. The molecule has 2 aromatic carbocycles. The van der Waals surface area contributed by atoms with E-state index in [2.05, 4.69) is 4.99 Å². The van der Waals surface area contributed by atoms with Crippen LogP contribution in [-0.2, 0) is 4.79 Å². The monoisotopic (exact) mass is 387 g/mol. The number of amidine groups is 1. The summed E-state index contributed by atoms with van der Waals surface area (Å²) in [7, 11) is 1.56. The average Bonchev–Trinajstić information content (AvgIpc) is 2.86. The first kappa shape index (κ1) is 18.0. The Kier molecular flexibility index (Phi) is 5.01. The van der Waals surface area contributed by atoms with Crippen molar-refractivity contribution in [1.82, 2.24) is 4.90 Å². The van der Waals surface area contributed by atoms with Gasteiger partial charge in [-0.25, -0.2) is 9.79 Å². The molecule has 1 N–H and O–H groups in total. The van der Waals surface area contributed by atoms with Gasteiger partial charge in [0.2, 0.25) is 0 Å². The molecule has 132 valence electrons. The lowest BCUT2D eigenvalue weighted by Crippen LogP contribution is -2.23. The number of nitrogens with zero attached hydrogens (tertiary/aromatic N) is 2. The van der Waals surface area contributed by atoms with Gasteiger partial charge in [0, 0.05) is 12.1 Å². The number of amides is 1. The predicted octanol–water partition coefficient (Wildman–Crippen LogP) is 3.35. The van der Waals surface area contributed by atoms with Gasteiger partial charge in [-0.15, -0.1) is 5.75 Å². The first-order chi connectivity index (χ1) is 12.3. The fraction of sp³-hybridized carbons (Fsp3) is 0.0556. The van der Waals surface area contributed by atoms with Crippen LogP contribution in [0.4, 0.5) is 5.69 Å². The van der Waals surface area contributed by atoms with Crippen LogP contribution in [0.15, 0.2) is 52.4 Å². The van der Waals surface area contributed by atoms with Crippen molar-refractivity contribution in [2.75, 3.05) is 7.05 Å². The molecule has 3 rings (SSSR count). The van der Waals surface area contributed by atoms with Crippen molar-refractivity contribution in [2.24, 2.45) is 4.99 Å². The number of carbonyl (C=O) groups excluding carboxylic acids is 1.